The minimum atomic E-state index is -0.326. The zero-order valence-electron chi connectivity index (χ0n) is 11.3. The average molecular weight is 286 g/mol. The molecular weight excluding hydrogens is 266 g/mol. The average Bonchev–Trinajstić information content (AvgIpc) is 2.39. The fourth-order valence-corrected chi connectivity index (χ4v) is 1.70. The second kappa shape index (κ2) is 8.91. The van der Waals surface area contributed by atoms with Crippen LogP contribution in [0.25, 0.3) is 0 Å². The van der Waals surface area contributed by atoms with Crippen molar-refractivity contribution in [2.45, 2.75) is 19.9 Å². The molecule has 0 aliphatic rings. The minimum Gasteiger partial charge on any atom is -0.464 e. The predicted octanol–water partition coefficient (Wildman–Crippen LogP) is 2.57. The van der Waals surface area contributed by atoms with Crippen LogP contribution >= 0.6 is 11.6 Å². The molecule has 0 heterocycles. The molecule has 1 N–H and O–H groups in total. The van der Waals surface area contributed by atoms with Crippen LogP contribution in [0.3, 0.4) is 0 Å². The second-order valence-corrected chi connectivity index (χ2v) is 4.52. The molecule has 0 radical (unpaired) electrons. The van der Waals surface area contributed by atoms with E-state index in [-0.39, 0.29) is 18.6 Å². The number of carbonyl (C=O) groups is 1. The van der Waals surface area contributed by atoms with Crippen LogP contribution in [0.5, 0.6) is 0 Å². The maximum Gasteiger partial charge on any atom is 0.332 e. The summed E-state index contributed by atoms with van der Waals surface area (Å²) >= 11 is 5.83. The molecule has 4 nitrogen and oxygen atoms in total. The Bertz CT molecular complexity index is 381. The molecule has 0 aliphatic heterocycles. The minimum absolute atomic E-state index is 0.00481. The van der Waals surface area contributed by atoms with Crippen LogP contribution in [0.1, 0.15) is 25.5 Å². The standard InChI is InChI=1S/C14H20ClNO3/c1-3-19-14(17)10-18-9-8-16-11(2)12-4-6-13(15)7-5-12/h4-7,11,16H,3,8-10H2,1-2H3. The Labute approximate surface area is 119 Å². The highest BCUT2D eigenvalue weighted by Crippen LogP contribution is 2.15. The molecule has 1 aromatic rings. The zero-order valence-corrected chi connectivity index (χ0v) is 12.1. The van der Waals surface area contributed by atoms with Crippen LogP contribution < -0.4 is 5.32 Å². The van der Waals surface area contributed by atoms with Crippen molar-refractivity contribution in [3.63, 3.8) is 0 Å². The van der Waals surface area contributed by atoms with Gasteiger partial charge in [-0.3, -0.25) is 0 Å². The SMILES string of the molecule is CCOC(=O)COCCNC(C)c1ccc(Cl)cc1. The van der Waals surface area contributed by atoms with Gasteiger partial charge in [-0.25, -0.2) is 4.79 Å². The largest absolute Gasteiger partial charge is 0.464 e. The van der Waals surface area contributed by atoms with E-state index in [1.807, 2.05) is 24.3 Å². The lowest BCUT2D eigenvalue weighted by Crippen LogP contribution is -2.24. The topological polar surface area (TPSA) is 47.6 Å². The molecule has 0 amide bonds. The summed E-state index contributed by atoms with van der Waals surface area (Å²) in [5.74, 6) is -0.326. The Morgan fingerprint density at radius 2 is 2.05 bits per heavy atom. The van der Waals surface area contributed by atoms with Gasteiger partial charge in [-0.1, -0.05) is 23.7 Å². The van der Waals surface area contributed by atoms with E-state index in [1.54, 1.807) is 6.92 Å². The Morgan fingerprint density at radius 3 is 2.68 bits per heavy atom. The van der Waals surface area contributed by atoms with Crippen molar-refractivity contribution in [2.24, 2.45) is 0 Å². The van der Waals surface area contributed by atoms with E-state index in [2.05, 4.69) is 12.2 Å². The molecule has 0 aliphatic carbocycles. The quantitative estimate of drug-likeness (QED) is 0.589. The fraction of sp³-hybridized carbons (Fsp3) is 0.500. The number of nitrogens with one attached hydrogen (secondary N) is 1. The third-order valence-corrected chi connectivity index (χ3v) is 2.84. The van der Waals surface area contributed by atoms with Crippen LogP contribution in [0.2, 0.25) is 5.02 Å². The molecule has 0 saturated heterocycles. The van der Waals surface area contributed by atoms with E-state index < -0.39 is 0 Å². The van der Waals surface area contributed by atoms with Gasteiger partial charge in [-0.15, -0.1) is 0 Å². The van der Waals surface area contributed by atoms with Crippen molar-refractivity contribution in [1.29, 1.82) is 0 Å². The van der Waals surface area contributed by atoms with Crippen molar-refractivity contribution in [2.75, 3.05) is 26.4 Å². The van der Waals surface area contributed by atoms with Gasteiger partial charge >= 0.3 is 5.97 Å². The van der Waals surface area contributed by atoms with Gasteiger partial charge in [0, 0.05) is 17.6 Å². The van der Waals surface area contributed by atoms with Crippen molar-refractivity contribution < 1.29 is 14.3 Å². The molecule has 0 bridgehead atoms. The van der Waals surface area contributed by atoms with E-state index in [0.29, 0.717) is 19.8 Å². The van der Waals surface area contributed by atoms with Crippen molar-refractivity contribution >= 4 is 17.6 Å². The number of ether oxygens (including phenoxy) is 2. The van der Waals surface area contributed by atoms with Crippen LogP contribution in [-0.2, 0) is 14.3 Å². The maximum absolute atomic E-state index is 11.0. The van der Waals surface area contributed by atoms with E-state index in [4.69, 9.17) is 21.1 Å². The molecule has 0 aromatic heterocycles. The summed E-state index contributed by atoms with van der Waals surface area (Å²) < 4.78 is 9.95. The number of hydrogen-bond donors (Lipinski definition) is 1. The molecular formula is C14H20ClNO3. The van der Waals surface area contributed by atoms with Gasteiger partial charge in [0.05, 0.1) is 13.2 Å². The summed E-state index contributed by atoms with van der Waals surface area (Å²) in [6.07, 6.45) is 0. The third-order valence-electron chi connectivity index (χ3n) is 2.59. The number of carbonyl (C=O) groups excluding carboxylic acids is 1. The second-order valence-electron chi connectivity index (χ2n) is 4.08. The maximum atomic E-state index is 11.0. The van der Waals surface area contributed by atoms with Gasteiger partial charge < -0.3 is 14.8 Å². The van der Waals surface area contributed by atoms with Crippen molar-refractivity contribution in [1.82, 2.24) is 5.32 Å². The van der Waals surface area contributed by atoms with E-state index >= 15 is 0 Å². The molecule has 19 heavy (non-hydrogen) atoms. The van der Waals surface area contributed by atoms with Crippen molar-refractivity contribution in [3.05, 3.63) is 34.9 Å². The van der Waals surface area contributed by atoms with E-state index in [9.17, 15) is 4.79 Å². The summed E-state index contributed by atoms with van der Waals surface area (Å²) in [6, 6.07) is 7.92. The van der Waals surface area contributed by atoms with Crippen LogP contribution in [0, 0.1) is 0 Å². The summed E-state index contributed by atoms with van der Waals surface area (Å²) in [6.45, 7) is 5.36. The Hall–Kier alpha value is -1.10. The Morgan fingerprint density at radius 1 is 1.37 bits per heavy atom. The highest BCUT2D eigenvalue weighted by molar-refractivity contribution is 6.30. The molecule has 0 spiro atoms. The summed E-state index contributed by atoms with van der Waals surface area (Å²) in [7, 11) is 0. The van der Waals surface area contributed by atoms with Crippen LogP contribution in [-0.4, -0.2) is 32.3 Å². The lowest BCUT2D eigenvalue weighted by atomic mass is 10.1. The van der Waals surface area contributed by atoms with Crippen molar-refractivity contribution in [3.8, 4) is 0 Å². The first-order chi connectivity index (χ1) is 9.13. The van der Waals surface area contributed by atoms with E-state index in [0.717, 1.165) is 10.6 Å². The third kappa shape index (κ3) is 6.57. The molecule has 1 unspecified atom stereocenters. The number of hydrogen-bond acceptors (Lipinski definition) is 4. The van der Waals surface area contributed by atoms with Crippen LogP contribution in [0.4, 0.5) is 0 Å². The summed E-state index contributed by atoms with van der Waals surface area (Å²) in [5, 5.41) is 4.03. The summed E-state index contributed by atoms with van der Waals surface area (Å²) in [4.78, 5) is 11.0. The van der Waals surface area contributed by atoms with Gasteiger partial charge in [0.25, 0.3) is 0 Å². The first kappa shape index (κ1) is 16.0. The highest BCUT2D eigenvalue weighted by Gasteiger charge is 2.05. The van der Waals surface area contributed by atoms with Gasteiger partial charge in [-0.2, -0.15) is 0 Å². The number of rotatable bonds is 8. The van der Waals surface area contributed by atoms with Gasteiger partial charge in [0.1, 0.15) is 6.61 Å². The molecule has 1 aromatic carbocycles. The van der Waals surface area contributed by atoms with Gasteiger partial charge in [0.15, 0.2) is 0 Å². The molecule has 1 rings (SSSR count). The lowest BCUT2D eigenvalue weighted by molar-refractivity contribution is -0.148. The lowest BCUT2D eigenvalue weighted by Gasteiger charge is -2.14. The number of benzene rings is 1. The number of esters is 1. The molecule has 0 fully saturated rings. The normalized spacial score (nSPS) is 12.2. The summed E-state index contributed by atoms with van der Waals surface area (Å²) in [5.41, 5.74) is 1.16. The molecule has 0 saturated carbocycles. The van der Waals surface area contributed by atoms with E-state index in [1.165, 1.54) is 0 Å². The zero-order chi connectivity index (χ0) is 14.1. The fourth-order valence-electron chi connectivity index (χ4n) is 1.58. The predicted molar refractivity (Wildman–Crippen MR) is 75.3 cm³/mol. The molecule has 5 heteroatoms. The number of halogens is 1. The highest BCUT2D eigenvalue weighted by atomic mass is 35.5. The van der Waals surface area contributed by atoms with Gasteiger partial charge in [0.2, 0.25) is 0 Å². The Kier molecular flexibility index (Phi) is 7.48. The molecule has 1 atom stereocenters. The first-order valence-corrected chi connectivity index (χ1v) is 6.73. The smallest absolute Gasteiger partial charge is 0.332 e. The monoisotopic (exact) mass is 285 g/mol. The van der Waals surface area contributed by atoms with Gasteiger partial charge in [-0.05, 0) is 31.5 Å². The Balaban J connectivity index is 2.15. The van der Waals surface area contributed by atoms with Crippen LogP contribution in [0.15, 0.2) is 24.3 Å². The molecule has 106 valence electrons. The first-order valence-electron chi connectivity index (χ1n) is 6.35.